The van der Waals surface area contributed by atoms with E-state index in [1.54, 1.807) is 12.1 Å². The lowest BCUT2D eigenvalue weighted by atomic mass is 10.1. The van der Waals surface area contributed by atoms with Crippen molar-refractivity contribution < 1.29 is 4.79 Å². The molecule has 3 aromatic carbocycles. The Bertz CT molecular complexity index is 1420. The zero-order valence-electron chi connectivity index (χ0n) is 16.5. The van der Waals surface area contributed by atoms with Gasteiger partial charge in [-0.05, 0) is 43.3 Å². The lowest BCUT2D eigenvalue weighted by Crippen LogP contribution is -2.23. The van der Waals surface area contributed by atoms with Gasteiger partial charge in [0.2, 0.25) is 11.9 Å². The van der Waals surface area contributed by atoms with Crippen LogP contribution in [0.5, 0.6) is 0 Å². The number of hydrogen-bond acceptors (Lipinski definition) is 3. The quantitative estimate of drug-likeness (QED) is 0.464. The van der Waals surface area contributed by atoms with Crippen molar-refractivity contribution in [2.75, 3.05) is 5.32 Å². The lowest BCUT2D eigenvalue weighted by Gasteiger charge is -2.15. The minimum absolute atomic E-state index is 0.0226. The first kappa shape index (κ1) is 18.1. The van der Waals surface area contributed by atoms with E-state index >= 15 is 0 Å². The molecule has 6 nitrogen and oxygen atoms in total. The molecule has 0 saturated heterocycles. The summed E-state index contributed by atoms with van der Waals surface area (Å²) in [5, 5.41) is 4.16. The molecule has 0 aliphatic carbocycles. The predicted octanol–water partition coefficient (Wildman–Crippen LogP) is 4.16. The van der Waals surface area contributed by atoms with Gasteiger partial charge in [0.05, 0.1) is 22.1 Å². The molecule has 0 aliphatic rings. The summed E-state index contributed by atoms with van der Waals surface area (Å²) in [5.41, 5.74) is 3.27. The molecular weight excluding hydrogens is 376 g/mol. The Kier molecular flexibility index (Phi) is 4.32. The second kappa shape index (κ2) is 7.15. The number of para-hydroxylation sites is 4. The highest BCUT2D eigenvalue weighted by Crippen LogP contribution is 2.21. The normalized spacial score (nSPS) is 11.4. The summed E-state index contributed by atoms with van der Waals surface area (Å²) in [6, 6.07) is 22.6. The average Bonchev–Trinajstić information content (AvgIpc) is 3.13. The van der Waals surface area contributed by atoms with Crippen molar-refractivity contribution in [2.45, 2.75) is 20.0 Å². The van der Waals surface area contributed by atoms with Gasteiger partial charge in [0.25, 0.3) is 0 Å². The molecule has 6 heteroatoms. The summed E-state index contributed by atoms with van der Waals surface area (Å²) >= 11 is 0. The second-order valence-corrected chi connectivity index (χ2v) is 7.17. The van der Waals surface area contributed by atoms with Crippen molar-refractivity contribution in [2.24, 2.45) is 0 Å². The monoisotopic (exact) mass is 396 g/mol. The molecule has 2 aromatic heterocycles. The highest BCUT2D eigenvalue weighted by atomic mass is 16.2. The molecule has 0 spiro atoms. The molecular formula is C24H20N4O2. The van der Waals surface area contributed by atoms with Crippen LogP contribution in [0.15, 0.2) is 77.6 Å². The van der Waals surface area contributed by atoms with Gasteiger partial charge in [0, 0.05) is 17.3 Å². The van der Waals surface area contributed by atoms with Gasteiger partial charge in [-0.15, -0.1) is 0 Å². The molecule has 0 radical (unpaired) electrons. The highest BCUT2D eigenvalue weighted by molar-refractivity contribution is 5.97. The van der Waals surface area contributed by atoms with Gasteiger partial charge in [-0.1, -0.05) is 36.4 Å². The van der Waals surface area contributed by atoms with Gasteiger partial charge in [0.15, 0.2) is 5.43 Å². The number of imidazole rings is 1. The number of nitrogens with one attached hydrogen (secondary N) is 1. The maximum absolute atomic E-state index is 13.0. The summed E-state index contributed by atoms with van der Waals surface area (Å²) in [6.07, 6.45) is 0. The van der Waals surface area contributed by atoms with Crippen molar-refractivity contribution in [1.82, 2.24) is 14.1 Å². The van der Waals surface area contributed by atoms with Crippen LogP contribution in [0.25, 0.3) is 32.8 Å². The highest BCUT2D eigenvalue weighted by Gasteiger charge is 2.15. The Labute approximate surface area is 172 Å². The minimum atomic E-state index is -0.195. The van der Waals surface area contributed by atoms with Crippen LogP contribution in [0.1, 0.15) is 6.92 Å². The first-order valence-electron chi connectivity index (χ1n) is 9.93. The SMILES string of the molecule is CCn1c(NC(=O)Cn2c3ccccc3c(=O)c3ccccc32)nc2ccccc21. The largest absolute Gasteiger partial charge is 0.331 e. The van der Waals surface area contributed by atoms with Crippen LogP contribution in [0.2, 0.25) is 0 Å². The third-order valence-corrected chi connectivity index (χ3v) is 5.40. The number of pyridine rings is 1. The molecule has 1 amide bonds. The number of fused-ring (bicyclic) bond motifs is 3. The van der Waals surface area contributed by atoms with E-state index in [0.717, 1.165) is 22.1 Å². The molecule has 0 unspecified atom stereocenters. The summed E-state index contributed by atoms with van der Waals surface area (Å²) in [5.74, 6) is 0.331. The number of anilines is 1. The van der Waals surface area contributed by atoms with E-state index in [-0.39, 0.29) is 17.9 Å². The number of amides is 1. The van der Waals surface area contributed by atoms with Crippen molar-refractivity contribution in [3.8, 4) is 0 Å². The Morgan fingerprint density at radius 1 is 0.833 bits per heavy atom. The van der Waals surface area contributed by atoms with Gasteiger partial charge in [-0.3, -0.25) is 14.9 Å². The van der Waals surface area contributed by atoms with Gasteiger partial charge < -0.3 is 9.13 Å². The fraction of sp³-hybridized carbons (Fsp3) is 0.125. The zero-order chi connectivity index (χ0) is 20.7. The fourth-order valence-electron chi connectivity index (χ4n) is 4.05. The summed E-state index contributed by atoms with van der Waals surface area (Å²) < 4.78 is 3.87. The molecule has 0 atom stereocenters. The molecule has 5 aromatic rings. The topological polar surface area (TPSA) is 68.9 Å². The Morgan fingerprint density at radius 2 is 1.40 bits per heavy atom. The van der Waals surface area contributed by atoms with Crippen LogP contribution in [0.3, 0.4) is 0 Å². The number of carbonyl (C=O) groups is 1. The first-order valence-corrected chi connectivity index (χ1v) is 9.93. The van der Waals surface area contributed by atoms with Crippen LogP contribution < -0.4 is 10.7 Å². The fourth-order valence-corrected chi connectivity index (χ4v) is 4.05. The number of nitrogens with zero attached hydrogens (tertiary/aromatic N) is 3. The minimum Gasteiger partial charge on any atom is -0.331 e. The standard InChI is InChI=1S/C24H20N4O2/c1-2-27-21-14-8-5-11-18(21)25-24(27)26-22(29)15-28-19-12-6-3-9-16(19)23(30)17-10-4-7-13-20(17)28/h3-14H,2,15H2,1H3,(H,25,26,29). The van der Waals surface area contributed by atoms with E-state index in [1.807, 2.05) is 76.7 Å². The number of hydrogen-bond donors (Lipinski definition) is 1. The summed E-state index contributed by atoms with van der Waals surface area (Å²) in [6.45, 7) is 2.79. The smallest absolute Gasteiger partial charge is 0.246 e. The molecule has 0 bridgehead atoms. The van der Waals surface area contributed by atoms with Gasteiger partial charge >= 0.3 is 0 Å². The van der Waals surface area contributed by atoms with Crippen LogP contribution in [0.4, 0.5) is 5.95 Å². The predicted molar refractivity (Wildman–Crippen MR) is 120 cm³/mol. The summed E-state index contributed by atoms with van der Waals surface area (Å²) in [4.78, 5) is 30.5. The van der Waals surface area contributed by atoms with Crippen LogP contribution in [-0.2, 0) is 17.9 Å². The Morgan fingerprint density at radius 3 is 2.03 bits per heavy atom. The van der Waals surface area contributed by atoms with Crippen LogP contribution in [-0.4, -0.2) is 20.0 Å². The molecule has 1 N–H and O–H groups in total. The maximum Gasteiger partial charge on any atom is 0.246 e. The van der Waals surface area contributed by atoms with Crippen molar-refractivity contribution in [1.29, 1.82) is 0 Å². The lowest BCUT2D eigenvalue weighted by molar-refractivity contribution is -0.116. The maximum atomic E-state index is 13.0. The number of aromatic nitrogens is 3. The number of rotatable bonds is 4. The molecule has 0 saturated carbocycles. The van der Waals surface area contributed by atoms with E-state index in [4.69, 9.17) is 0 Å². The Hall–Kier alpha value is -3.93. The molecule has 0 fully saturated rings. The molecule has 5 rings (SSSR count). The number of aryl methyl sites for hydroxylation is 1. The third-order valence-electron chi connectivity index (χ3n) is 5.40. The summed E-state index contributed by atoms with van der Waals surface area (Å²) in [7, 11) is 0. The van der Waals surface area contributed by atoms with Crippen molar-refractivity contribution >= 4 is 44.7 Å². The molecule has 148 valence electrons. The number of carbonyl (C=O) groups excluding carboxylic acids is 1. The van der Waals surface area contributed by atoms with Crippen LogP contribution in [0, 0.1) is 0 Å². The van der Waals surface area contributed by atoms with E-state index in [2.05, 4.69) is 10.3 Å². The van der Waals surface area contributed by atoms with Crippen LogP contribution >= 0.6 is 0 Å². The number of benzene rings is 3. The zero-order valence-corrected chi connectivity index (χ0v) is 16.5. The van der Waals surface area contributed by atoms with Gasteiger partial charge in [0.1, 0.15) is 6.54 Å². The van der Waals surface area contributed by atoms with Crippen molar-refractivity contribution in [3.05, 3.63) is 83.0 Å². The second-order valence-electron chi connectivity index (χ2n) is 7.17. The molecule has 30 heavy (non-hydrogen) atoms. The van der Waals surface area contributed by atoms with Crippen molar-refractivity contribution in [3.63, 3.8) is 0 Å². The first-order chi connectivity index (χ1) is 14.7. The average molecular weight is 396 g/mol. The van der Waals surface area contributed by atoms with Gasteiger partial charge in [-0.25, -0.2) is 4.98 Å². The van der Waals surface area contributed by atoms with E-state index in [1.165, 1.54) is 0 Å². The van der Waals surface area contributed by atoms with E-state index < -0.39 is 0 Å². The Balaban J connectivity index is 1.58. The molecule has 0 aliphatic heterocycles. The van der Waals surface area contributed by atoms with E-state index in [9.17, 15) is 9.59 Å². The molecule has 2 heterocycles. The third kappa shape index (κ3) is 2.85. The van der Waals surface area contributed by atoms with E-state index in [0.29, 0.717) is 23.3 Å². The van der Waals surface area contributed by atoms with Gasteiger partial charge in [-0.2, -0.15) is 0 Å².